The summed E-state index contributed by atoms with van der Waals surface area (Å²) in [6.45, 7) is 2.01. The van der Waals surface area contributed by atoms with Gasteiger partial charge in [0.2, 0.25) is 11.8 Å². The smallest absolute Gasteiger partial charge is 0.395 e. The zero-order valence-corrected chi connectivity index (χ0v) is 22.7. The van der Waals surface area contributed by atoms with Crippen LogP contribution < -0.4 is 10.5 Å². The minimum Gasteiger partial charge on any atom is -0.476 e. The molecular weight excluding hydrogens is 542 g/mol. The van der Waals surface area contributed by atoms with Crippen molar-refractivity contribution in [2.24, 2.45) is 17.1 Å². The van der Waals surface area contributed by atoms with Gasteiger partial charge in [-0.1, -0.05) is 30.7 Å². The highest BCUT2D eigenvalue weighted by Crippen LogP contribution is 2.53. The van der Waals surface area contributed by atoms with Crippen molar-refractivity contribution >= 4 is 5.91 Å². The fourth-order valence-electron chi connectivity index (χ4n) is 6.43. The Morgan fingerprint density at radius 2 is 1.85 bits per heavy atom. The average molecular weight is 578 g/mol. The Hall–Kier alpha value is -2.83. The van der Waals surface area contributed by atoms with E-state index in [1.165, 1.54) is 0 Å². The van der Waals surface area contributed by atoms with Gasteiger partial charge < -0.3 is 20.1 Å². The number of benzene rings is 1. The van der Waals surface area contributed by atoms with Gasteiger partial charge in [-0.05, 0) is 50.3 Å². The van der Waals surface area contributed by atoms with Crippen molar-refractivity contribution < 1.29 is 31.8 Å². The average Bonchev–Trinajstić information content (AvgIpc) is 3.63. The number of nitrogens with zero attached hydrogens (tertiary/aromatic N) is 4. The van der Waals surface area contributed by atoms with E-state index in [9.17, 15) is 22.4 Å². The van der Waals surface area contributed by atoms with Crippen LogP contribution in [0.15, 0.2) is 36.7 Å². The van der Waals surface area contributed by atoms with E-state index in [-0.39, 0.29) is 50.6 Å². The van der Waals surface area contributed by atoms with Gasteiger partial charge in [-0.25, -0.2) is 14.4 Å². The van der Waals surface area contributed by atoms with Crippen molar-refractivity contribution in [3.8, 4) is 17.1 Å². The first-order valence-electron chi connectivity index (χ1n) is 14.3. The highest BCUT2D eigenvalue weighted by Gasteiger charge is 2.58. The molecule has 41 heavy (non-hydrogen) atoms. The van der Waals surface area contributed by atoms with Gasteiger partial charge in [-0.15, -0.1) is 0 Å². The number of nitrogens with two attached hydrogens (primary N) is 1. The predicted molar refractivity (Wildman–Crippen MR) is 141 cm³/mol. The van der Waals surface area contributed by atoms with E-state index in [1.54, 1.807) is 17.3 Å². The van der Waals surface area contributed by atoms with Gasteiger partial charge >= 0.3 is 6.18 Å². The van der Waals surface area contributed by atoms with Crippen LogP contribution in [0.5, 0.6) is 5.88 Å². The fourth-order valence-corrected chi connectivity index (χ4v) is 6.43. The van der Waals surface area contributed by atoms with Crippen LogP contribution in [0, 0.1) is 11.3 Å². The Balaban J connectivity index is 0.963. The number of carbonyl (C=O) groups excluding carboxylic acids is 1. The molecule has 6 rings (SSSR count). The number of rotatable bonds is 9. The summed E-state index contributed by atoms with van der Waals surface area (Å²) < 4.78 is 66.0. The molecule has 4 aliphatic rings. The molecule has 12 heteroatoms. The van der Waals surface area contributed by atoms with E-state index in [1.807, 2.05) is 29.2 Å². The number of halogens is 4. The van der Waals surface area contributed by atoms with Crippen LogP contribution in [0.3, 0.4) is 0 Å². The summed E-state index contributed by atoms with van der Waals surface area (Å²) in [5, 5.41) is 0. The van der Waals surface area contributed by atoms with Crippen LogP contribution in [0.1, 0.15) is 50.2 Å². The van der Waals surface area contributed by atoms with Crippen LogP contribution >= 0.6 is 0 Å². The normalized spacial score (nSPS) is 28.8. The third-order valence-corrected chi connectivity index (χ3v) is 9.19. The van der Waals surface area contributed by atoms with E-state index in [0.29, 0.717) is 37.7 Å². The van der Waals surface area contributed by atoms with Gasteiger partial charge in [0.15, 0.2) is 0 Å². The van der Waals surface area contributed by atoms with Crippen molar-refractivity contribution in [1.29, 1.82) is 0 Å². The largest absolute Gasteiger partial charge is 0.476 e. The van der Waals surface area contributed by atoms with Crippen molar-refractivity contribution in [1.82, 2.24) is 19.8 Å². The number of hydrogen-bond acceptors (Lipinski definition) is 7. The molecule has 1 saturated carbocycles. The summed E-state index contributed by atoms with van der Waals surface area (Å²) in [5.74, 6) is 0.146. The van der Waals surface area contributed by atoms with Crippen LogP contribution in [0.4, 0.5) is 17.6 Å². The van der Waals surface area contributed by atoms with E-state index < -0.39 is 29.7 Å². The molecule has 0 bridgehead atoms. The summed E-state index contributed by atoms with van der Waals surface area (Å²) in [4.78, 5) is 24.2. The van der Waals surface area contributed by atoms with E-state index in [2.05, 4.69) is 9.97 Å². The van der Waals surface area contributed by atoms with Gasteiger partial charge in [0.05, 0.1) is 36.2 Å². The predicted octanol–water partition coefficient (Wildman–Crippen LogP) is 4.26. The molecule has 1 amide bonds. The minimum absolute atomic E-state index is 0.102. The molecular formula is C29H35F4N5O3. The van der Waals surface area contributed by atoms with Crippen molar-refractivity contribution in [3.63, 3.8) is 0 Å². The maximum atomic E-state index is 13.9. The molecule has 1 aromatic carbocycles. The minimum atomic E-state index is -4.13. The van der Waals surface area contributed by atoms with E-state index >= 15 is 0 Å². The lowest BCUT2D eigenvalue weighted by molar-refractivity contribution is -0.256. The second kappa shape index (κ2) is 11.1. The van der Waals surface area contributed by atoms with Gasteiger partial charge in [0.25, 0.3) is 0 Å². The number of epoxide rings is 1. The Morgan fingerprint density at radius 3 is 2.44 bits per heavy atom. The molecule has 1 aliphatic carbocycles. The maximum absolute atomic E-state index is 13.9. The standard InChI is InChI=1S/C29H35F4N5O3/c30-21-12-23(26(34)39)38(15-21)27-25(41-27)20-4-2-19(3-5-20)22-13-36-24(14-35-22)40-16-18-6-10-37(11-7-18)17-28(8-1-9-28)29(31,32)33/h2-5,13-14,18,21,23,25,27H,1,6-12,15-17H2,(H2,34,39). The summed E-state index contributed by atoms with van der Waals surface area (Å²) in [6.07, 6.45) is 0.245. The van der Waals surface area contributed by atoms with E-state index in [4.69, 9.17) is 15.2 Å². The van der Waals surface area contributed by atoms with Crippen molar-refractivity contribution in [3.05, 3.63) is 42.2 Å². The monoisotopic (exact) mass is 577 g/mol. The zero-order chi connectivity index (χ0) is 28.8. The van der Waals surface area contributed by atoms with Gasteiger partial charge in [0, 0.05) is 25.1 Å². The van der Waals surface area contributed by atoms with Crippen molar-refractivity contribution in [2.75, 3.05) is 32.8 Å². The van der Waals surface area contributed by atoms with Gasteiger partial charge in [-0.3, -0.25) is 9.69 Å². The second-order valence-electron chi connectivity index (χ2n) is 11.9. The molecule has 1 aromatic heterocycles. The van der Waals surface area contributed by atoms with Crippen LogP contribution in [-0.2, 0) is 9.53 Å². The van der Waals surface area contributed by atoms with E-state index in [0.717, 1.165) is 24.0 Å². The maximum Gasteiger partial charge on any atom is 0.395 e. The number of amides is 1. The topological polar surface area (TPSA) is 97.1 Å². The first-order chi connectivity index (χ1) is 19.6. The van der Waals surface area contributed by atoms with Gasteiger partial charge in [-0.2, -0.15) is 13.2 Å². The molecule has 4 unspecified atom stereocenters. The molecule has 4 heterocycles. The van der Waals surface area contributed by atoms with Gasteiger partial charge in [0.1, 0.15) is 18.5 Å². The SMILES string of the molecule is NC(=O)C1CC(F)CN1C1OC1c1ccc(-c2cnc(OCC3CCN(CC4(C(F)(F)F)CCC4)CC3)cn2)cc1. The third kappa shape index (κ3) is 5.91. The number of aromatic nitrogens is 2. The summed E-state index contributed by atoms with van der Waals surface area (Å²) in [5.41, 5.74) is 6.38. The first-order valence-corrected chi connectivity index (χ1v) is 14.3. The lowest BCUT2D eigenvalue weighted by atomic mass is 9.67. The summed E-state index contributed by atoms with van der Waals surface area (Å²) in [7, 11) is 0. The number of piperidine rings is 1. The molecule has 4 fully saturated rings. The third-order valence-electron chi connectivity index (χ3n) is 9.19. The second-order valence-corrected chi connectivity index (χ2v) is 11.9. The number of hydrogen-bond donors (Lipinski definition) is 1. The Morgan fingerprint density at radius 1 is 1.12 bits per heavy atom. The highest BCUT2D eigenvalue weighted by molar-refractivity contribution is 5.80. The quantitative estimate of drug-likeness (QED) is 0.351. The Bertz CT molecular complexity index is 1220. The van der Waals surface area contributed by atoms with Crippen LogP contribution in [-0.4, -0.2) is 83.1 Å². The van der Waals surface area contributed by atoms with Crippen LogP contribution in [0.25, 0.3) is 11.3 Å². The molecule has 3 saturated heterocycles. The summed E-state index contributed by atoms with van der Waals surface area (Å²) in [6, 6.07) is 7.01. The lowest BCUT2D eigenvalue weighted by Crippen LogP contribution is -2.53. The number of ether oxygens (including phenoxy) is 2. The number of likely N-dealkylation sites (tertiary alicyclic amines) is 2. The molecule has 4 atom stereocenters. The first kappa shape index (κ1) is 28.3. The molecule has 8 nitrogen and oxygen atoms in total. The highest BCUT2D eigenvalue weighted by atomic mass is 19.4. The van der Waals surface area contributed by atoms with Crippen molar-refractivity contribution in [2.45, 2.75) is 69.2 Å². The molecule has 2 N–H and O–H groups in total. The molecule has 0 spiro atoms. The summed E-state index contributed by atoms with van der Waals surface area (Å²) >= 11 is 0. The number of primary amides is 1. The Kier molecular flexibility index (Phi) is 7.67. The molecule has 222 valence electrons. The fraction of sp³-hybridized carbons (Fsp3) is 0.621. The lowest BCUT2D eigenvalue weighted by Gasteiger charge is -2.47. The molecule has 3 aliphatic heterocycles. The van der Waals surface area contributed by atoms with Crippen LogP contribution in [0.2, 0.25) is 0 Å². The molecule has 0 radical (unpaired) electrons. The Labute approximate surface area is 236 Å². The number of alkyl halides is 4. The molecule has 2 aromatic rings. The zero-order valence-electron chi connectivity index (χ0n) is 22.7. The number of carbonyl (C=O) groups is 1.